The first kappa shape index (κ1) is 23.8. The van der Waals surface area contributed by atoms with Crippen LogP contribution in [0.15, 0.2) is 60.8 Å². The zero-order valence-corrected chi connectivity index (χ0v) is 20.2. The van der Waals surface area contributed by atoms with Gasteiger partial charge in [-0.2, -0.15) is 0 Å². The molecule has 6 heteroatoms. The average Bonchev–Trinajstić information content (AvgIpc) is 2.82. The fourth-order valence-corrected chi connectivity index (χ4v) is 4.03. The third kappa shape index (κ3) is 5.23. The lowest BCUT2D eigenvalue weighted by molar-refractivity contribution is 0.0593. The van der Waals surface area contributed by atoms with Crippen molar-refractivity contribution in [2.24, 2.45) is 0 Å². The Morgan fingerprint density at radius 2 is 1.76 bits per heavy atom. The number of methoxy groups -OCH3 is 1. The minimum atomic E-state index is -1.02. The van der Waals surface area contributed by atoms with Crippen LogP contribution in [-0.2, 0) is 18.6 Å². The quantitative estimate of drug-likeness (QED) is 0.528. The Morgan fingerprint density at radius 3 is 2.41 bits per heavy atom. The Hall–Kier alpha value is -3.38. The second kappa shape index (κ2) is 9.85. The lowest BCUT2D eigenvalue weighted by Crippen LogP contribution is -2.48. The number of carbonyl (C=O) groups is 1. The van der Waals surface area contributed by atoms with Gasteiger partial charge >= 0.3 is 0 Å². The molecule has 0 atom stereocenters. The molecule has 3 aromatic rings. The molecule has 6 nitrogen and oxygen atoms in total. The van der Waals surface area contributed by atoms with Crippen LogP contribution in [0.1, 0.15) is 59.4 Å². The van der Waals surface area contributed by atoms with Crippen LogP contribution < -0.4 is 9.47 Å². The van der Waals surface area contributed by atoms with Crippen LogP contribution in [0.25, 0.3) is 0 Å². The van der Waals surface area contributed by atoms with E-state index in [0.717, 1.165) is 17.5 Å². The zero-order chi connectivity index (χ0) is 24.3. The van der Waals surface area contributed by atoms with E-state index in [2.05, 4.69) is 36.2 Å². The fourth-order valence-electron chi connectivity index (χ4n) is 4.03. The number of ether oxygens (including phenoxy) is 2. The molecular formula is C28H32N2O4. The Bertz CT molecular complexity index is 1150. The summed E-state index contributed by atoms with van der Waals surface area (Å²) in [5.41, 5.74) is 3.53. The van der Waals surface area contributed by atoms with Crippen LogP contribution in [-0.4, -0.2) is 41.1 Å². The first-order chi connectivity index (χ1) is 16.3. The van der Waals surface area contributed by atoms with E-state index in [1.807, 2.05) is 18.2 Å². The summed E-state index contributed by atoms with van der Waals surface area (Å²) in [6.07, 6.45) is 2.59. The van der Waals surface area contributed by atoms with Crippen molar-refractivity contribution in [2.45, 2.75) is 45.3 Å². The van der Waals surface area contributed by atoms with E-state index in [0.29, 0.717) is 42.5 Å². The highest BCUT2D eigenvalue weighted by atomic mass is 16.5. The largest absolute Gasteiger partial charge is 0.493 e. The summed E-state index contributed by atoms with van der Waals surface area (Å²) >= 11 is 0. The lowest BCUT2D eigenvalue weighted by Gasteiger charge is -2.39. The van der Waals surface area contributed by atoms with Crippen molar-refractivity contribution >= 4 is 5.91 Å². The highest BCUT2D eigenvalue weighted by Gasteiger charge is 2.33. The summed E-state index contributed by atoms with van der Waals surface area (Å²) < 4.78 is 11.6. The molecule has 1 N–H and O–H groups in total. The van der Waals surface area contributed by atoms with Gasteiger partial charge < -0.3 is 19.5 Å². The van der Waals surface area contributed by atoms with E-state index < -0.39 is 5.60 Å². The molecule has 0 radical (unpaired) electrons. The number of aryl methyl sites for hydroxylation is 1. The Morgan fingerprint density at radius 1 is 1.06 bits per heavy atom. The van der Waals surface area contributed by atoms with Crippen LogP contribution in [0.2, 0.25) is 0 Å². The molecule has 4 rings (SSSR count). The number of amides is 1. The first-order valence-electron chi connectivity index (χ1n) is 11.6. The number of hydrogen-bond acceptors (Lipinski definition) is 5. The molecule has 0 saturated carbocycles. The van der Waals surface area contributed by atoms with Crippen molar-refractivity contribution in [3.8, 4) is 11.5 Å². The van der Waals surface area contributed by atoms with Crippen LogP contribution in [0.4, 0.5) is 0 Å². The molecule has 0 unspecified atom stereocenters. The summed E-state index contributed by atoms with van der Waals surface area (Å²) in [5, 5.41) is 10.2. The van der Waals surface area contributed by atoms with Crippen molar-refractivity contribution in [1.29, 1.82) is 0 Å². The van der Waals surface area contributed by atoms with E-state index in [9.17, 15) is 9.90 Å². The Labute approximate surface area is 201 Å². The molecule has 178 valence electrons. The maximum absolute atomic E-state index is 12.9. The van der Waals surface area contributed by atoms with E-state index >= 15 is 0 Å². The van der Waals surface area contributed by atoms with Gasteiger partial charge in [-0.3, -0.25) is 9.78 Å². The van der Waals surface area contributed by atoms with Gasteiger partial charge in [0, 0.05) is 25.2 Å². The zero-order valence-electron chi connectivity index (χ0n) is 20.2. The molecule has 0 aliphatic carbocycles. The van der Waals surface area contributed by atoms with Gasteiger partial charge in [0.05, 0.1) is 12.7 Å². The summed E-state index contributed by atoms with van der Waals surface area (Å²) in [6.45, 7) is 7.22. The lowest BCUT2D eigenvalue weighted by atomic mass is 9.90. The van der Waals surface area contributed by atoms with Gasteiger partial charge in [-0.05, 0) is 66.8 Å². The van der Waals surface area contributed by atoms with E-state index in [1.54, 1.807) is 44.2 Å². The predicted molar refractivity (Wildman–Crippen MR) is 131 cm³/mol. The monoisotopic (exact) mass is 460 g/mol. The van der Waals surface area contributed by atoms with Crippen LogP contribution in [0, 0.1) is 0 Å². The Balaban J connectivity index is 1.38. The third-order valence-corrected chi connectivity index (χ3v) is 6.34. The molecule has 0 bridgehead atoms. The SMILES string of the molecule is CCc1ccc(COc2ccc(C3CN(C(=O)c4cc(C(C)(C)O)ccn4)C3)cc2OC)cc1. The van der Waals surface area contributed by atoms with Crippen molar-refractivity contribution in [1.82, 2.24) is 9.88 Å². The molecule has 1 aliphatic rings. The number of rotatable bonds is 8. The number of nitrogens with zero attached hydrogens (tertiary/aromatic N) is 2. The second-order valence-corrected chi connectivity index (χ2v) is 9.26. The maximum atomic E-state index is 12.9. The molecule has 1 aromatic heterocycles. The van der Waals surface area contributed by atoms with Crippen molar-refractivity contribution < 1.29 is 19.4 Å². The number of likely N-dealkylation sites (tertiary alicyclic amines) is 1. The molecule has 2 heterocycles. The number of carbonyl (C=O) groups excluding carboxylic acids is 1. The van der Waals surface area contributed by atoms with Crippen molar-refractivity contribution in [3.63, 3.8) is 0 Å². The van der Waals surface area contributed by atoms with E-state index in [1.165, 1.54) is 5.56 Å². The molecule has 2 aromatic carbocycles. The smallest absolute Gasteiger partial charge is 0.272 e. The number of aliphatic hydroxyl groups is 1. The third-order valence-electron chi connectivity index (χ3n) is 6.34. The number of benzene rings is 2. The number of aromatic nitrogens is 1. The van der Waals surface area contributed by atoms with Gasteiger partial charge in [0.15, 0.2) is 11.5 Å². The molecule has 1 fully saturated rings. The van der Waals surface area contributed by atoms with Gasteiger partial charge in [0.25, 0.3) is 5.91 Å². The summed E-state index contributed by atoms with van der Waals surface area (Å²) in [4.78, 5) is 18.8. The van der Waals surface area contributed by atoms with Crippen molar-refractivity contribution in [3.05, 3.63) is 88.7 Å². The van der Waals surface area contributed by atoms with Crippen LogP contribution in [0.5, 0.6) is 11.5 Å². The minimum absolute atomic E-state index is 0.122. The minimum Gasteiger partial charge on any atom is -0.493 e. The summed E-state index contributed by atoms with van der Waals surface area (Å²) in [6, 6.07) is 17.8. The Kier molecular flexibility index (Phi) is 6.89. The van der Waals surface area contributed by atoms with Crippen LogP contribution >= 0.6 is 0 Å². The van der Waals surface area contributed by atoms with Gasteiger partial charge in [-0.25, -0.2) is 0 Å². The number of pyridine rings is 1. The highest BCUT2D eigenvalue weighted by molar-refractivity contribution is 5.93. The van der Waals surface area contributed by atoms with Gasteiger partial charge in [-0.15, -0.1) is 0 Å². The van der Waals surface area contributed by atoms with Crippen molar-refractivity contribution in [2.75, 3.05) is 20.2 Å². The van der Waals surface area contributed by atoms with E-state index in [-0.39, 0.29) is 11.8 Å². The molecule has 1 aliphatic heterocycles. The first-order valence-corrected chi connectivity index (χ1v) is 11.6. The molecule has 34 heavy (non-hydrogen) atoms. The standard InChI is InChI=1S/C28H32N2O4/c1-5-19-6-8-20(9-7-19)18-34-25-11-10-21(14-26(25)33-4)22-16-30(17-22)27(31)24-15-23(12-13-29-24)28(2,3)32/h6-15,22,32H,5,16-18H2,1-4H3. The molecule has 0 spiro atoms. The fraction of sp³-hybridized carbons (Fsp3) is 0.357. The van der Waals surface area contributed by atoms with Gasteiger partial charge in [0.1, 0.15) is 12.3 Å². The van der Waals surface area contributed by atoms with E-state index in [4.69, 9.17) is 9.47 Å². The number of hydrogen-bond donors (Lipinski definition) is 1. The molecule has 1 saturated heterocycles. The maximum Gasteiger partial charge on any atom is 0.272 e. The van der Waals surface area contributed by atoms with Crippen LogP contribution in [0.3, 0.4) is 0 Å². The highest BCUT2D eigenvalue weighted by Crippen LogP contribution is 2.35. The normalized spacial score (nSPS) is 14.0. The topological polar surface area (TPSA) is 71.9 Å². The van der Waals surface area contributed by atoms with Gasteiger partial charge in [-0.1, -0.05) is 37.3 Å². The summed E-state index contributed by atoms with van der Waals surface area (Å²) in [7, 11) is 1.64. The average molecular weight is 461 g/mol. The molecular weight excluding hydrogens is 428 g/mol. The summed E-state index contributed by atoms with van der Waals surface area (Å²) in [5.74, 6) is 1.49. The van der Waals surface area contributed by atoms with Gasteiger partial charge in [0.2, 0.25) is 0 Å². The predicted octanol–water partition coefficient (Wildman–Crippen LogP) is 4.70. The second-order valence-electron chi connectivity index (χ2n) is 9.26. The molecule has 1 amide bonds.